The lowest BCUT2D eigenvalue weighted by atomic mass is 10.0. The zero-order chi connectivity index (χ0) is 44.2. The van der Waals surface area contributed by atoms with E-state index in [9.17, 15) is 27.2 Å². The highest BCUT2D eigenvalue weighted by molar-refractivity contribution is 6.43. The number of rotatable bonds is 7. The molecule has 2 aromatic heterocycles. The van der Waals surface area contributed by atoms with E-state index in [0.717, 1.165) is 6.21 Å². The van der Waals surface area contributed by atoms with Gasteiger partial charge in [-0.3, -0.25) is 0 Å². The summed E-state index contributed by atoms with van der Waals surface area (Å²) in [5.74, 6) is -11.7. The van der Waals surface area contributed by atoms with Crippen LogP contribution in [0.15, 0.2) is 50.6 Å². The first-order valence-electron chi connectivity index (χ1n) is 15.4. The van der Waals surface area contributed by atoms with E-state index in [4.69, 9.17) is 124 Å². The summed E-state index contributed by atoms with van der Waals surface area (Å²) in [5, 5.41) is 28.8. The van der Waals surface area contributed by atoms with Crippen LogP contribution in [0.3, 0.4) is 0 Å². The average Bonchev–Trinajstić information content (AvgIpc) is 3.68. The zero-order valence-corrected chi connectivity index (χ0v) is 36.5. The average molecular weight is 994 g/mol. The van der Waals surface area contributed by atoms with E-state index in [0.29, 0.717) is 34.5 Å². The first-order chi connectivity index (χ1) is 26.6. The number of carbonyl (C=O) groups excluding carboxylic acids is 1. The van der Waals surface area contributed by atoms with Crippen LogP contribution in [0.25, 0.3) is 22.5 Å². The number of hydrogen-bond donors (Lipinski definition) is 2. The lowest BCUT2D eigenvalue weighted by molar-refractivity contribution is -0.0164. The molecule has 2 N–H and O–H groups in total. The molecule has 0 bridgehead atoms. The Morgan fingerprint density at radius 1 is 0.638 bits per heavy atom. The molecule has 0 unspecified atom stereocenters. The van der Waals surface area contributed by atoms with Gasteiger partial charge in [-0.05, 0) is 57.2 Å². The summed E-state index contributed by atoms with van der Waals surface area (Å²) in [6.07, 6.45) is 1.15. The van der Waals surface area contributed by atoms with Crippen molar-refractivity contribution in [2.24, 2.45) is 5.16 Å². The minimum atomic E-state index is -3.52. The minimum Gasteiger partial charge on any atom is -0.477 e. The van der Waals surface area contributed by atoms with Gasteiger partial charge in [-0.2, -0.15) is 17.6 Å². The number of nitrogens with zero attached hydrogens (tertiary/aromatic N) is 3. The number of halogens is 13. The Morgan fingerprint density at radius 2 is 0.966 bits per heavy atom. The molecular weight excluding hydrogens is 969 g/mol. The molecule has 23 heteroatoms. The van der Waals surface area contributed by atoms with Crippen molar-refractivity contribution < 1.29 is 51.2 Å². The standard InChI is InChI=1S/C16H14Cl3F2NO3.C12H6Cl3F2NO3.C7H4Cl3NO/c1-15(2,3)24-14(23)11-12(22-25-13(11)16(4,20)21)10-8(18)5-7(17)6-9(10)19;1-12(16,17)10-8(11(19)20)9(18-21-10)7-5(14)2-4(13)3-6(7)15;8-4-1-6(9)5(3-11-12)7(10)2-4/h5-6H,1-4H3;2-3H,1H3,(H,19,20);1-3,12H/b;;11-3+. The van der Waals surface area contributed by atoms with Crippen LogP contribution in [0.5, 0.6) is 0 Å². The van der Waals surface area contributed by atoms with E-state index in [1.54, 1.807) is 20.8 Å². The number of aromatic carboxylic acids is 1. The summed E-state index contributed by atoms with van der Waals surface area (Å²) in [4.78, 5) is 23.8. The predicted octanol–water partition coefficient (Wildman–Crippen LogP) is 14.9. The van der Waals surface area contributed by atoms with E-state index >= 15 is 0 Å². The molecule has 0 aliphatic carbocycles. The van der Waals surface area contributed by atoms with Crippen molar-refractivity contribution >= 4 is 123 Å². The Balaban J connectivity index is 0.000000247. The van der Waals surface area contributed by atoms with E-state index in [-0.39, 0.29) is 52.7 Å². The summed E-state index contributed by atoms with van der Waals surface area (Å²) in [6, 6.07) is 8.31. The van der Waals surface area contributed by atoms with Crippen LogP contribution in [0.1, 0.15) is 72.4 Å². The summed E-state index contributed by atoms with van der Waals surface area (Å²) in [6.45, 7) is 5.88. The van der Waals surface area contributed by atoms with Crippen LogP contribution in [-0.2, 0) is 16.6 Å². The molecule has 3 aromatic carbocycles. The molecule has 0 aliphatic rings. The molecule has 0 atom stereocenters. The first kappa shape index (κ1) is 49.2. The van der Waals surface area contributed by atoms with Gasteiger partial charge in [-0.1, -0.05) is 120 Å². The van der Waals surface area contributed by atoms with Gasteiger partial charge in [-0.25, -0.2) is 9.59 Å². The van der Waals surface area contributed by atoms with Gasteiger partial charge < -0.3 is 24.1 Å². The maximum absolute atomic E-state index is 13.9. The van der Waals surface area contributed by atoms with Crippen LogP contribution >= 0.6 is 104 Å². The fraction of sp³-hybridized carbons (Fsp3) is 0.229. The van der Waals surface area contributed by atoms with Crippen molar-refractivity contribution in [2.75, 3.05) is 0 Å². The number of esters is 1. The second-order valence-electron chi connectivity index (χ2n) is 12.6. The number of hydrogen-bond acceptors (Lipinski definition) is 9. The quantitative estimate of drug-likeness (QED) is 0.0534. The highest BCUT2D eigenvalue weighted by Gasteiger charge is 2.41. The monoisotopic (exact) mass is 989 g/mol. The zero-order valence-electron chi connectivity index (χ0n) is 29.7. The minimum absolute atomic E-state index is 0.0292. The number of oxime groups is 1. The lowest BCUT2D eigenvalue weighted by Crippen LogP contribution is -2.25. The molecule has 0 spiro atoms. The van der Waals surface area contributed by atoms with Crippen LogP contribution in [0.2, 0.25) is 45.2 Å². The van der Waals surface area contributed by atoms with Gasteiger partial charge in [0.25, 0.3) is 0 Å². The number of carboxylic acid groups (broad SMARTS) is 1. The Bertz CT molecular complexity index is 2300. The van der Waals surface area contributed by atoms with E-state index in [1.807, 2.05) is 0 Å². The van der Waals surface area contributed by atoms with Gasteiger partial charge in [0.1, 0.15) is 28.1 Å². The molecule has 0 saturated heterocycles. The van der Waals surface area contributed by atoms with E-state index in [1.165, 1.54) is 36.4 Å². The van der Waals surface area contributed by atoms with Gasteiger partial charge in [0.05, 0.1) is 36.4 Å². The highest BCUT2D eigenvalue weighted by Crippen LogP contribution is 2.44. The highest BCUT2D eigenvalue weighted by atomic mass is 35.5. The molecular formula is C35H24Cl9F4N3O7. The normalized spacial score (nSPS) is 11.8. The lowest BCUT2D eigenvalue weighted by Gasteiger charge is -2.20. The number of carbonyl (C=O) groups is 2. The SMILES string of the molecule is CC(C)(C)OC(=O)c1c(-c2c(Cl)cc(Cl)cc2Cl)noc1C(C)(F)F.CC(F)(F)c1onc(-c2c(Cl)cc(Cl)cc2Cl)c1C(=O)O.O/N=C/c1c(Cl)cc(Cl)cc1Cl. The van der Waals surface area contributed by atoms with Gasteiger partial charge >= 0.3 is 23.8 Å². The van der Waals surface area contributed by atoms with Gasteiger partial charge in [0.15, 0.2) is 0 Å². The van der Waals surface area contributed by atoms with E-state index in [2.05, 4.69) is 20.0 Å². The van der Waals surface area contributed by atoms with E-state index < -0.39 is 52.0 Å². The van der Waals surface area contributed by atoms with Crippen molar-refractivity contribution in [3.05, 3.63) is 110 Å². The molecule has 5 rings (SSSR count). The van der Waals surface area contributed by atoms with Crippen molar-refractivity contribution in [1.82, 2.24) is 10.3 Å². The number of aromatic nitrogens is 2. The van der Waals surface area contributed by atoms with Crippen LogP contribution in [-0.4, -0.2) is 44.4 Å². The number of alkyl halides is 4. The van der Waals surface area contributed by atoms with Crippen molar-refractivity contribution in [3.63, 3.8) is 0 Å². The summed E-state index contributed by atoms with van der Waals surface area (Å²) in [7, 11) is 0. The maximum atomic E-state index is 13.9. The van der Waals surface area contributed by atoms with Crippen molar-refractivity contribution in [3.8, 4) is 22.5 Å². The summed E-state index contributed by atoms with van der Waals surface area (Å²) in [5.41, 5.74) is -2.41. The fourth-order valence-electron chi connectivity index (χ4n) is 4.51. The third-order valence-corrected chi connectivity index (χ3v) is 9.19. The third-order valence-electron chi connectivity index (χ3n) is 6.72. The Morgan fingerprint density at radius 3 is 1.28 bits per heavy atom. The van der Waals surface area contributed by atoms with Gasteiger partial charge in [-0.15, -0.1) is 0 Å². The Kier molecular flexibility index (Phi) is 16.5. The maximum Gasteiger partial charge on any atom is 0.344 e. The molecule has 0 radical (unpaired) electrons. The number of ether oxygens (including phenoxy) is 1. The molecule has 0 aliphatic heterocycles. The molecule has 312 valence electrons. The fourth-order valence-corrected chi connectivity index (χ4v) is 7.42. The van der Waals surface area contributed by atoms with Crippen molar-refractivity contribution in [2.45, 2.75) is 52.1 Å². The van der Waals surface area contributed by atoms with Crippen LogP contribution < -0.4 is 0 Å². The second-order valence-corrected chi connectivity index (χ2v) is 16.3. The molecule has 0 fully saturated rings. The Labute approximate surface area is 371 Å². The molecule has 0 amide bonds. The molecule has 10 nitrogen and oxygen atoms in total. The van der Waals surface area contributed by atoms with Gasteiger partial charge in [0, 0.05) is 45.6 Å². The number of carboxylic acids is 1. The summed E-state index contributed by atoms with van der Waals surface area (Å²) >= 11 is 52.8. The molecule has 2 heterocycles. The molecule has 0 saturated carbocycles. The third kappa shape index (κ3) is 12.4. The molecule has 58 heavy (non-hydrogen) atoms. The largest absolute Gasteiger partial charge is 0.477 e. The topological polar surface area (TPSA) is 148 Å². The summed E-state index contributed by atoms with van der Waals surface area (Å²) < 4.78 is 68.9. The smallest absolute Gasteiger partial charge is 0.344 e. The first-order valence-corrected chi connectivity index (χ1v) is 18.8. The van der Waals surface area contributed by atoms with Crippen LogP contribution in [0, 0.1) is 0 Å². The van der Waals surface area contributed by atoms with Gasteiger partial charge in [0.2, 0.25) is 11.5 Å². The second kappa shape index (κ2) is 19.5. The molecule has 5 aromatic rings. The predicted molar refractivity (Wildman–Crippen MR) is 216 cm³/mol. The Hall–Kier alpha value is -3.18. The van der Waals surface area contributed by atoms with Crippen molar-refractivity contribution in [1.29, 1.82) is 0 Å². The van der Waals surface area contributed by atoms with Crippen LogP contribution in [0.4, 0.5) is 17.6 Å². The number of benzene rings is 3.